The number of anilines is 1. The van der Waals surface area contributed by atoms with E-state index in [0.717, 1.165) is 18.7 Å². The molecule has 0 amide bonds. The lowest BCUT2D eigenvalue weighted by Crippen LogP contribution is -2.02. The van der Waals surface area contributed by atoms with Crippen LogP contribution < -0.4 is 5.32 Å². The summed E-state index contributed by atoms with van der Waals surface area (Å²) in [6.45, 7) is 0.934. The maximum Gasteiger partial charge on any atom is 0.385 e. The maximum absolute atomic E-state index is 8.54. The van der Waals surface area contributed by atoms with Crippen LogP contribution in [-0.2, 0) is 0 Å². The highest BCUT2D eigenvalue weighted by Gasteiger charge is 2.01. The Bertz CT molecular complexity index is 289. The summed E-state index contributed by atoms with van der Waals surface area (Å²) in [4.78, 5) is 3.04. The fraction of sp³-hybridized carbons (Fsp3) is 0.333. The Kier molecular flexibility index (Phi) is 3.74. The Morgan fingerprint density at radius 3 is 2.54 bits per heavy atom. The average molecular weight is 178 g/mol. The molecule has 0 spiro atoms. The van der Waals surface area contributed by atoms with Crippen molar-refractivity contribution in [3.05, 3.63) is 29.2 Å². The molecule has 1 rings (SSSR count). The van der Waals surface area contributed by atoms with Crippen LogP contribution in [0.2, 0.25) is 0 Å². The molecule has 0 aromatic heterocycles. The van der Waals surface area contributed by atoms with Crippen molar-refractivity contribution < 1.29 is 5.11 Å². The first-order chi connectivity index (χ1) is 6.36. The number of aliphatic hydroxyl groups excluding tert-OH is 1. The molecule has 0 bridgehead atoms. The summed E-state index contributed by atoms with van der Waals surface area (Å²) in [5.74, 6) is 0. The van der Waals surface area contributed by atoms with Crippen LogP contribution in [0.3, 0.4) is 0 Å². The molecule has 0 saturated carbocycles. The van der Waals surface area contributed by atoms with Gasteiger partial charge in [0, 0.05) is 31.0 Å². The Hall–Kier alpha value is -1.60. The van der Waals surface area contributed by atoms with Crippen molar-refractivity contribution in [1.82, 2.24) is 0 Å². The molecule has 0 heterocycles. The van der Waals surface area contributed by atoms with Crippen LogP contribution in [0.15, 0.2) is 24.3 Å². The number of hydrogen-bond donors (Lipinski definition) is 2. The quantitative estimate of drug-likeness (QED) is 0.547. The summed E-state index contributed by atoms with van der Waals surface area (Å²) in [5, 5.41) is 20.1. The first kappa shape index (κ1) is 9.49. The van der Waals surface area contributed by atoms with Crippen molar-refractivity contribution >= 4 is 11.4 Å². The topological polar surface area (TPSA) is 60.4 Å². The van der Waals surface area contributed by atoms with Crippen LogP contribution in [0.1, 0.15) is 6.42 Å². The Balaban J connectivity index is 2.46. The van der Waals surface area contributed by atoms with Gasteiger partial charge in [-0.15, -0.1) is 0 Å². The summed E-state index contributed by atoms with van der Waals surface area (Å²) < 4.78 is 0. The van der Waals surface area contributed by atoms with Gasteiger partial charge in [-0.25, -0.2) is 0 Å². The van der Waals surface area contributed by atoms with Crippen molar-refractivity contribution in [2.45, 2.75) is 6.42 Å². The normalized spacial score (nSPS) is 9.23. The summed E-state index contributed by atoms with van der Waals surface area (Å²) in [6, 6.07) is 7.07. The Labute approximate surface area is 76.8 Å². The molecule has 4 heteroatoms. The molecule has 0 unspecified atom stereocenters. The molecule has 68 valence electrons. The van der Waals surface area contributed by atoms with Gasteiger partial charge in [0.1, 0.15) is 0 Å². The van der Waals surface area contributed by atoms with Crippen molar-refractivity contribution in [2.75, 3.05) is 18.5 Å². The molecule has 0 fully saturated rings. The number of nitrogens with one attached hydrogen (secondary N) is 1. The number of aliphatic hydroxyl groups is 1. The lowest BCUT2D eigenvalue weighted by Gasteiger charge is -2.02. The summed E-state index contributed by atoms with van der Waals surface area (Å²) in [5.41, 5.74) is 1.49. The second-order valence-corrected chi connectivity index (χ2v) is 2.65. The van der Waals surface area contributed by atoms with Gasteiger partial charge in [0.25, 0.3) is 0 Å². The van der Waals surface area contributed by atoms with E-state index in [4.69, 9.17) is 10.5 Å². The van der Waals surface area contributed by atoms with Crippen molar-refractivity contribution in [1.29, 1.82) is 5.39 Å². The fourth-order valence-electron chi connectivity index (χ4n) is 0.958. The minimum absolute atomic E-state index is 0.192. The van der Waals surface area contributed by atoms with E-state index in [9.17, 15) is 0 Å². The van der Waals surface area contributed by atoms with Crippen LogP contribution in [0.4, 0.5) is 11.4 Å². The van der Waals surface area contributed by atoms with Gasteiger partial charge in [-0.1, -0.05) is 0 Å². The molecule has 0 saturated heterocycles. The van der Waals surface area contributed by atoms with Gasteiger partial charge in [-0.05, 0) is 18.6 Å². The average Bonchev–Trinajstić information content (AvgIpc) is 2.19. The van der Waals surface area contributed by atoms with Gasteiger partial charge in [0.05, 0.1) is 0 Å². The second kappa shape index (κ2) is 5.12. The lowest BCUT2D eigenvalue weighted by atomic mass is 10.3. The third-order valence-electron chi connectivity index (χ3n) is 1.65. The van der Waals surface area contributed by atoms with E-state index in [1.807, 2.05) is 12.1 Å². The molecule has 0 aliphatic rings. The van der Waals surface area contributed by atoms with Crippen molar-refractivity contribution in [2.24, 2.45) is 0 Å². The van der Waals surface area contributed by atoms with E-state index < -0.39 is 0 Å². The predicted octanol–water partition coefficient (Wildman–Crippen LogP) is 1.97. The number of rotatable bonds is 4. The molecule has 1 aromatic carbocycles. The summed E-state index contributed by atoms with van der Waals surface area (Å²) in [6.07, 6.45) is 0.728. The fourth-order valence-corrected chi connectivity index (χ4v) is 0.958. The minimum atomic E-state index is 0.192. The van der Waals surface area contributed by atoms with E-state index in [2.05, 4.69) is 10.3 Å². The first-order valence-electron chi connectivity index (χ1n) is 4.16. The van der Waals surface area contributed by atoms with Crippen LogP contribution in [-0.4, -0.2) is 18.3 Å². The van der Waals surface area contributed by atoms with Crippen LogP contribution in [0.25, 0.3) is 4.98 Å². The Morgan fingerprint density at radius 2 is 2.00 bits per heavy atom. The smallest absolute Gasteiger partial charge is 0.385 e. The molecule has 1 aromatic rings. The van der Waals surface area contributed by atoms with Gasteiger partial charge in [0.2, 0.25) is 5.39 Å². The predicted molar refractivity (Wildman–Crippen MR) is 51.4 cm³/mol. The highest BCUT2D eigenvalue weighted by Crippen LogP contribution is 2.15. The van der Waals surface area contributed by atoms with E-state index in [1.165, 1.54) is 0 Å². The minimum Gasteiger partial charge on any atom is -0.396 e. The van der Waals surface area contributed by atoms with Gasteiger partial charge < -0.3 is 10.4 Å². The SMILES string of the molecule is N#[N+]c1ccc(NCCCO)cc1. The molecular formula is C9H12N3O+. The standard InChI is InChI=1S/C9H12N3O/c10-12-9-4-2-8(3-5-9)11-6-1-7-13/h2-5,11,13H,1,6-7H2/q+1. The highest BCUT2D eigenvalue weighted by atomic mass is 16.3. The van der Waals surface area contributed by atoms with Gasteiger partial charge in [-0.2, -0.15) is 0 Å². The molecule has 2 N–H and O–H groups in total. The van der Waals surface area contributed by atoms with Crippen molar-refractivity contribution in [3.8, 4) is 0 Å². The maximum atomic E-state index is 8.54. The largest absolute Gasteiger partial charge is 0.396 e. The van der Waals surface area contributed by atoms with E-state index in [-0.39, 0.29) is 6.61 Å². The molecule has 0 radical (unpaired) electrons. The number of benzene rings is 1. The highest BCUT2D eigenvalue weighted by molar-refractivity contribution is 5.53. The monoisotopic (exact) mass is 178 g/mol. The zero-order valence-corrected chi connectivity index (χ0v) is 7.27. The molecule has 0 aliphatic carbocycles. The molecular weight excluding hydrogens is 166 g/mol. The molecule has 0 aliphatic heterocycles. The molecule has 0 atom stereocenters. The van der Waals surface area contributed by atoms with Crippen LogP contribution >= 0.6 is 0 Å². The van der Waals surface area contributed by atoms with E-state index in [0.29, 0.717) is 5.69 Å². The number of diazo groups is 1. The molecule has 4 nitrogen and oxygen atoms in total. The summed E-state index contributed by atoms with van der Waals surface area (Å²) >= 11 is 0. The van der Waals surface area contributed by atoms with Gasteiger partial charge in [0.15, 0.2) is 4.98 Å². The van der Waals surface area contributed by atoms with Crippen molar-refractivity contribution in [3.63, 3.8) is 0 Å². The Morgan fingerprint density at radius 1 is 1.31 bits per heavy atom. The lowest BCUT2D eigenvalue weighted by molar-refractivity contribution is 0.292. The zero-order valence-electron chi connectivity index (χ0n) is 7.27. The van der Waals surface area contributed by atoms with Crippen LogP contribution in [0.5, 0.6) is 0 Å². The third-order valence-corrected chi connectivity index (χ3v) is 1.65. The van der Waals surface area contributed by atoms with Crippen LogP contribution in [0, 0.1) is 5.39 Å². The second-order valence-electron chi connectivity index (χ2n) is 2.65. The number of nitrogens with zero attached hydrogens (tertiary/aromatic N) is 2. The summed E-state index contributed by atoms with van der Waals surface area (Å²) in [7, 11) is 0. The van der Waals surface area contributed by atoms with E-state index >= 15 is 0 Å². The van der Waals surface area contributed by atoms with Gasteiger partial charge in [-0.3, -0.25) is 0 Å². The zero-order chi connectivity index (χ0) is 9.52. The third kappa shape index (κ3) is 3.09. The first-order valence-corrected chi connectivity index (χ1v) is 4.16. The van der Waals surface area contributed by atoms with Gasteiger partial charge >= 0.3 is 5.69 Å². The molecule has 13 heavy (non-hydrogen) atoms. The number of hydrogen-bond acceptors (Lipinski definition) is 3. The van der Waals surface area contributed by atoms with E-state index in [1.54, 1.807) is 12.1 Å².